The number of nitrogens with zero attached hydrogens (tertiary/aromatic N) is 2. The van der Waals surface area contributed by atoms with Gasteiger partial charge < -0.3 is 9.64 Å². The number of benzene rings is 1. The lowest BCUT2D eigenvalue weighted by Crippen LogP contribution is -2.36. The second-order valence-corrected chi connectivity index (χ2v) is 7.10. The Balaban J connectivity index is 1.68. The van der Waals surface area contributed by atoms with Crippen molar-refractivity contribution in [3.05, 3.63) is 35.4 Å². The van der Waals surface area contributed by atoms with Gasteiger partial charge in [-0.2, -0.15) is 0 Å². The Morgan fingerprint density at radius 1 is 1.29 bits per heavy atom. The topological polar surface area (TPSA) is 15.7 Å². The van der Waals surface area contributed by atoms with Crippen LogP contribution in [0.4, 0.5) is 0 Å². The summed E-state index contributed by atoms with van der Waals surface area (Å²) in [7, 11) is 4.09. The Hall–Kier alpha value is -0.900. The first kappa shape index (κ1) is 15.0. The molecule has 0 aliphatic carbocycles. The quantitative estimate of drug-likeness (QED) is 0.846. The molecule has 0 unspecified atom stereocenters. The average molecular weight is 288 g/mol. The van der Waals surface area contributed by atoms with Crippen LogP contribution in [-0.2, 0) is 11.3 Å². The summed E-state index contributed by atoms with van der Waals surface area (Å²) in [6, 6.07) is 8.78. The van der Waals surface area contributed by atoms with Gasteiger partial charge in [-0.15, -0.1) is 0 Å². The third-order valence-corrected chi connectivity index (χ3v) is 5.47. The number of ether oxygens (including phenoxy) is 1. The van der Waals surface area contributed by atoms with Gasteiger partial charge in [0.15, 0.2) is 0 Å². The Bertz CT molecular complexity index is 490. The standard InChI is InChI=1S/C18H28N2O/c1-15-6-4-5-7-16(15)10-20-9-8-18(14-20)13-19(2)11-17(18)12-21-3/h4-7,17H,8-14H2,1-3H3/t17-,18-/m1/s1. The molecule has 21 heavy (non-hydrogen) atoms. The fourth-order valence-corrected chi connectivity index (χ4v) is 4.34. The predicted molar refractivity (Wildman–Crippen MR) is 86.4 cm³/mol. The zero-order valence-corrected chi connectivity index (χ0v) is 13.6. The molecule has 2 fully saturated rings. The molecule has 0 radical (unpaired) electrons. The molecular weight excluding hydrogens is 260 g/mol. The van der Waals surface area contributed by atoms with E-state index in [0.29, 0.717) is 11.3 Å². The van der Waals surface area contributed by atoms with E-state index < -0.39 is 0 Å². The second kappa shape index (κ2) is 6.07. The summed E-state index contributed by atoms with van der Waals surface area (Å²) >= 11 is 0. The van der Waals surface area contributed by atoms with E-state index in [4.69, 9.17) is 4.74 Å². The fourth-order valence-electron chi connectivity index (χ4n) is 4.34. The summed E-state index contributed by atoms with van der Waals surface area (Å²) < 4.78 is 5.49. The maximum absolute atomic E-state index is 5.49. The van der Waals surface area contributed by atoms with Crippen LogP contribution in [-0.4, -0.2) is 56.7 Å². The summed E-state index contributed by atoms with van der Waals surface area (Å²) in [6.45, 7) is 9.08. The normalized spacial score (nSPS) is 30.5. The molecule has 3 heteroatoms. The molecule has 1 spiro atoms. The van der Waals surface area contributed by atoms with Crippen molar-refractivity contribution in [2.45, 2.75) is 19.9 Å². The maximum Gasteiger partial charge on any atom is 0.0509 e. The van der Waals surface area contributed by atoms with Crippen LogP contribution in [0.25, 0.3) is 0 Å². The zero-order chi connectivity index (χ0) is 14.9. The molecule has 1 aromatic carbocycles. The fraction of sp³-hybridized carbons (Fsp3) is 0.667. The highest BCUT2D eigenvalue weighted by Crippen LogP contribution is 2.43. The molecule has 0 aromatic heterocycles. The number of rotatable bonds is 4. The monoisotopic (exact) mass is 288 g/mol. The lowest BCUT2D eigenvalue weighted by Gasteiger charge is -2.30. The lowest BCUT2D eigenvalue weighted by molar-refractivity contribution is 0.0958. The Morgan fingerprint density at radius 3 is 2.86 bits per heavy atom. The minimum atomic E-state index is 0.452. The molecule has 1 aromatic rings. The van der Waals surface area contributed by atoms with Crippen LogP contribution in [0, 0.1) is 18.3 Å². The highest BCUT2D eigenvalue weighted by Gasteiger charge is 2.49. The molecule has 116 valence electrons. The first-order chi connectivity index (χ1) is 10.1. The van der Waals surface area contributed by atoms with Crippen molar-refractivity contribution in [2.24, 2.45) is 11.3 Å². The first-order valence-corrected chi connectivity index (χ1v) is 8.07. The number of hydrogen-bond acceptors (Lipinski definition) is 3. The minimum absolute atomic E-state index is 0.452. The Labute approximate surface area is 128 Å². The number of methoxy groups -OCH3 is 1. The van der Waals surface area contributed by atoms with Crippen LogP contribution in [0.1, 0.15) is 17.5 Å². The van der Waals surface area contributed by atoms with Crippen molar-refractivity contribution in [3.63, 3.8) is 0 Å². The van der Waals surface area contributed by atoms with Crippen LogP contribution < -0.4 is 0 Å². The summed E-state index contributed by atoms with van der Waals surface area (Å²) in [5.74, 6) is 0.689. The predicted octanol–water partition coefficient (Wildman–Crippen LogP) is 2.40. The van der Waals surface area contributed by atoms with E-state index in [-0.39, 0.29) is 0 Å². The van der Waals surface area contributed by atoms with Crippen LogP contribution in [0.2, 0.25) is 0 Å². The number of hydrogen-bond donors (Lipinski definition) is 0. The van der Waals surface area contributed by atoms with Gasteiger partial charge in [-0.3, -0.25) is 4.90 Å². The van der Waals surface area contributed by atoms with Gasteiger partial charge in [0.05, 0.1) is 6.61 Å². The van der Waals surface area contributed by atoms with E-state index in [0.717, 1.165) is 13.2 Å². The van der Waals surface area contributed by atoms with Crippen LogP contribution in [0.3, 0.4) is 0 Å². The highest BCUT2D eigenvalue weighted by molar-refractivity contribution is 5.25. The SMILES string of the molecule is COC[C@H]1CN(C)C[C@@]12CCN(Cc1ccccc1C)C2. The molecule has 2 aliphatic rings. The molecule has 2 atom stereocenters. The largest absolute Gasteiger partial charge is 0.384 e. The van der Waals surface area contributed by atoms with E-state index in [1.807, 2.05) is 7.11 Å². The van der Waals surface area contributed by atoms with Crippen molar-refractivity contribution in [1.82, 2.24) is 9.80 Å². The van der Waals surface area contributed by atoms with E-state index in [1.165, 1.54) is 43.7 Å². The van der Waals surface area contributed by atoms with Gasteiger partial charge in [-0.25, -0.2) is 0 Å². The van der Waals surface area contributed by atoms with E-state index in [2.05, 4.69) is 48.0 Å². The van der Waals surface area contributed by atoms with Crippen molar-refractivity contribution in [2.75, 3.05) is 46.9 Å². The number of likely N-dealkylation sites (tertiary alicyclic amines) is 2. The first-order valence-electron chi connectivity index (χ1n) is 8.07. The molecule has 0 bridgehead atoms. The summed E-state index contributed by atoms with van der Waals surface area (Å²) in [6.07, 6.45) is 1.32. The lowest BCUT2D eigenvalue weighted by atomic mass is 9.77. The second-order valence-electron chi connectivity index (χ2n) is 7.10. The average Bonchev–Trinajstić information content (AvgIpc) is 2.98. The van der Waals surface area contributed by atoms with Gasteiger partial charge in [0, 0.05) is 44.6 Å². The summed E-state index contributed by atoms with van der Waals surface area (Å²) in [5.41, 5.74) is 3.34. The van der Waals surface area contributed by atoms with E-state index in [9.17, 15) is 0 Å². The third kappa shape index (κ3) is 3.01. The molecule has 3 nitrogen and oxygen atoms in total. The maximum atomic E-state index is 5.49. The van der Waals surface area contributed by atoms with E-state index >= 15 is 0 Å². The van der Waals surface area contributed by atoms with Gasteiger partial charge in [0.2, 0.25) is 0 Å². The molecule has 2 saturated heterocycles. The molecule has 3 rings (SSSR count). The van der Waals surface area contributed by atoms with E-state index in [1.54, 1.807) is 0 Å². The number of aryl methyl sites for hydroxylation is 1. The van der Waals surface area contributed by atoms with Crippen LogP contribution in [0.15, 0.2) is 24.3 Å². The van der Waals surface area contributed by atoms with Crippen LogP contribution >= 0.6 is 0 Å². The minimum Gasteiger partial charge on any atom is -0.384 e. The van der Waals surface area contributed by atoms with Crippen molar-refractivity contribution in [1.29, 1.82) is 0 Å². The van der Waals surface area contributed by atoms with Crippen molar-refractivity contribution >= 4 is 0 Å². The molecule has 0 N–H and O–H groups in total. The van der Waals surface area contributed by atoms with Crippen molar-refractivity contribution < 1.29 is 4.74 Å². The van der Waals surface area contributed by atoms with Gasteiger partial charge in [0.1, 0.15) is 0 Å². The van der Waals surface area contributed by atoms with Crippen molar-refractivity contribution in [3.8, 4) is 0 Å². The molecule has 0 amide bonds. The van der Waals surface area contributed by atoms with Gasteiger partial charge in [-0.05, 0) is 38.1 Å². The summed E-state index contributed by atoms with van der Waals surface area (Å²) in [5, 5.41) is 0. The van der Waals surface area contributed by atoms with Gasteiger partial charge in [0.25, 0.3) is 0 Å². The zero-order valence-electron chi connectivity index (χ0n) is 13.6. The molecular formula is C18H28N2O. The highest BCUT2D eigenvalue weighted by atomic mass is 16.5. The van der Waals surface area contributed by atoms with Crippen LogP contribution in [0.5, 0.6) is 0 Å². The molecule has 0 saturated carbocycles. The Kier molecular flexibility index (Phi) is 4.34. The molecule has 2 aliphatic heterocycles. The Morgan fingerprint density at radius 2 is 2.10 bits per heavy atom. The third-order valence-electron chi connectivity index (χ3n) is 5.47. The van der Waals surface area contributed by atoms with Gasteiger partial charge in [-0.1, -0.05) is 24.3 Å². The summed E-state index contributed by atoms with van der Waals surface area (Å²) in [4.78, 5) is 5.13. The molecule has 2 heterocycles. The van der Waals surface area contributed by atoms with Gasteiger partial charge >= 0.3 is 0 Å². The smallest absolute Gasteiger partial charge is 0.0509 e.